The molecule has 0 spiro atoms. The number of carbonyl (C=O) groups excluding carboxylic acids is 2. The lowest BCUT2D eigenvalue weighted by Gasteiger charge is -2.32. The molecule has 2 amide bonds. The van der Waals surface area contributed by atoms with Gasteiger partial charge in [0.05, 0.1) is 36.8 Å². The van der Waals surface area contributed by atoms with Crippen LogP contribution in [0.4, 0.5) is 21.1 Å². The van der Waals surface area contributed by atoms with Crippen molar-refractivity contribution in [2.75, 3.05) is 36.6 Å². The van der Waals surface area contributed by atoms with Gasteiger partial charge in [-0.15, -0.1) is 5.10 Å². The molecule has 2 aliphatic rings. The van der Waals surface area contributed by atoms with Gasteiger partial charge in [-0.25, -0.2) is 19.3 Å². The number of pyridine rings is 1. The standard InChI is InChI=1S/C25H28ClN5O6/c1-6-14-13-30(23(32)36-14)22-15-12-27-21(26)11-16(15)31(28-22)18-10-20-17(9-19(18)34-5)29(7-8-35-20)24(33)37-25(2,3)4/h9-12,14H,6-8,13H2,1-5H3. The summed E-state index contributed by atoms with van der Waals surface area (Å²) in [5.74, 6) is 1.29. The van der Waals surface area contributed by atoms with Gasteiger partial charge in [0.2, 0.25) is 0 Å². The van der Waals surface area contributed by atoms with Crippen molar-refractivity contribution in [3.8, 4) is 17.2 Å². The second-order valence-corrected chi connectivity index (χ2v) is 10.1. The van der Waals surface area contributed by atoms with Gasteiger partial charge in [-0.1, -0.05) is 18.5 Å². The quantitative estimate of drug-likeness (QED) is 0.437. The van der Waals surface area contributed by atoms with Crippen LogP contribution in [0.1, 0.15) is 34.1 Å². The van der Waals surface area contributed by atoms with Gasteiger partial charge in [-0.2, -0.15) is 0 Å². The summed E-state index contributed by atoms with van der Waals surface area (Å²) in [6.07, 6.45) is 1.10. The Hall–Kier alpha value is -3.73. The zero-order valence-corrected chi connectivity index (χ0v) is 22.0. The van der Waals surface area contributed by atoms with E-state index in [4.69, 9.17) is 35.6 Å². The van der Waals surface area contributed by atoms with Crippen molar-refractivity contribution < 1.29 is 28.5 Å². The van der Waals surface area contributed by atoms with Crippen LogP contribution in [-0.4, -0.2) is 65.5 Å². The highest BCUT2D eigenvalue weighted by atomic mass is 35.5. The lowest BCUT2D eigenvalue weighted by Crippen LogP contribution is -2.41. The number of rotatable bonds is 4. The number of hydrogen-bond donors (Lipinski definition) is 0. The number of benzene rings is 1. The summed E-state index contributed by atoms with van der Waals surface area (Å²) in [4.78, 5) is 32.7. The predicted molar refractivity (Wildman–Crippen MR) is 137 cm³/mol. The highest BCUT2D eigenvalue weighted by Gasteiger charge is 2.35. The average molecular weight is 530 g/mol. The summed E-state index contributed by atoms with van der Waals surface area (Å²) in [7, 11) is 1.53. The van der Waals surface area contributed by atoms with Crippen molar-refractivity contribution >= 4 is 46.2 Å². The molecule has 1 fully saturated rings. The number of aromatic nitrogens is 3. The maximum Gasteiger partial charge on any atom is 0.416 e. The number of anilines is 2. The van der Waals surface area contributed by atoms with Gasteiger partial charge in [-0.05, 0) is 27.2 Å². The van der Waals surface area contributed by atoms with Crippen molar-refractivity contribution in [2.45, 2.75) is 45.8 Å². The summed E-state index contributed by atoms with van der Waals surface area (Å²) in [5.41, 5.74) is 1.02. The summed E-state index contributed by atoms with van der Waals surface area (Å²) < 4.78 is 24.3. The van der Waals surface area contributed by atoms with Crippen LogP contribution in [0.3, 0.4) is 0 Å². The molecule has 1 aromatic carbocycles. The zero-order valence-electron chi connectivity index (χ0n) is 21.3. The first-order valence-electron chi connectivity index (χ1n) is 12.0. The van der Waals surface area contributed by atoms with Gasteiger partial charge in [0, 0.05) is 24.4 Å². The Morgan fingerprint density at radius 3 is 2.70 bits per heavy atom. The number of halogens is 1. The monoisotopic (exact) mass is 529 g/mol. The highest BCUT2D eigenvalue weighted by molar-refractivity contribution is 6.30. The number of cyclic esters (lactones) is 1. The molecule has 4 heterocycles. The third-order valence-corrected chi connectivity index (χ3v) is 6.27. The Balaban J connectivity index is 1.63. The van der Waals surface area contributed by atoms with E-state index in [1.807, 2.05) is 27.7 Å². The minimum Gasteiger partial charge on any atom is -0.494 e. The highest BCUT2D eigenvalue weighted by Crippen LogP contribution is 2.42. The molecule has 1 unspecified atom stereocenters. The van der Waals surface area contributed by atoms with E-state index in [1.165, 1.54) is 16.9 Å². The molecule has 1 atom stereocenters. The Kier molecular flexibility index (Phi) is 6.26. The Bertz CT molecular complexity index is 1380. The molecule has 37 heavy (non-hydrogen) atoms. The number of carbonyl (C=O) groups is 2. The molecular weight excluding hydrogens is 502 g/mol. The second-order valence-electron chi connectivity index (χ2n) is 9.76. The molecule has 1 saturated heterocycles. The number of ether oxygens (including phenoxy) is 4. The van der Waals surface area contributed by atoms with E-state index in [0.29, 0.717) is 59.1 Å². The second kappa shape index (κ2) is 9.29. The third kappa shape index (κ3) is 4.59. The van der Waals surface area contributed by atoms with Crippen LogP contribution >= 0.6 is 11.6 Å². The molecule has 5 rings (SSSR count). The van der Waals surface area contributed by atoms with E-state index >= 15 is 0 Å². The first-order chi connectivity index (χ1) is 17.6. The molecule has 12 heteroatoms. The van der Waals surface area contributed by atoms with Crippen molar-refractivity contribution in [3.63, 3.8) is 0 Å². The van der Waals surface area contributed by atoms with E-state index in [-0.39, 0.29) is 17.9 Å². The Morgan fingerprint density at radius 1 is 1.24 bits per heavy atom. The summed E-state index contributed by atoms with van der Waals surface area (Å²) >= 11 is 6.25. The lowest BCUT2D eigenvalue weighted by atomic mass is 10.2. The summed E-state index contributed by atoms with van der Waals surface area (Å²) in [6, 6.07) is 5.12. The van der Waals surface area contributed by atoms with Crippen LogP contribution in [0.5, 0.6) is 11.5 Å². The van der Waals surface area contributed by atoms with E-state index in [2.05, 4.69) is 4.98 Å². The smallest absolute Gasteiger partial charge is 0.416 e. The van der Waals surface area contributed by atoms with Crippen LogP contribution in [0, 0.1) is 0 Å². The van der Waals surface area contributed by atoms with Gasteiger partial charge in [0.25, 0.3) is 0 Å². The third-order valence-electron chi connectivity index (χ3n) is 6.06. The van der Waals surface area contributed by atoms with Gasteiger partial charge < -0.3 is 18.9 Å². The maximum absolute atomic E-state index is 12.9. The van der Waals surface area contributed by atoms with E-state index in [9.17, 15) is 9.59 Å². The molecule has 2 aliphatic heterocycles. The fraction of sp³-hybridized carbons (Fsp3) is 0.440. The van der Waals surface area contributed by atoms with Gasteiger partial charge >= 0.3 is 12.2 Å². The SMILES string of the molecule is CCC1CN(c2nn(-c3cc4c(cc3OC)N(C(=O)OC(C)(C)C)CCO4)c3cc(Cl)ncc23)C(=O)O1. The van der Waals surface area contributed by atoms with Crippen LogP contribution in [-0.2, 0) is 9.47 Å². The van der Waals surface area contributed by atoms with Crippen LogP contribution < -0.4 is 19.3 Å². The Morgan fingerprint density at radius 2 is 2.03 bits per heavy atom. The van der Waals surface area contributed by atoms with Crippen LogP contribution in [0.2, 0.25) is 5.15 Å². The van der Waals surface area contributed by atoms with Crippen molar-refractivity contribution in [3.05, 3.63) is 29.5 Å². The van der Waals surface area contributed by atoms with Crippen molar-refractivity contribution in [1.29, 1.82) is 0 Å². The lowest BCUT2D eigenvalue weighted by molar-refractivity contribution is 0.0567. The van der Waals surface area contributed by atoms with E-state index < -0.39 is 17.8 Å². The number of fused-ring (bicyclic) bond motifs is 2. The molecule has 2 aromatic heterocycles. The molecule has 196 valence electrons. The number of amides is 2. The maximum atomic E-state index is 12.9. The van der Waals surface area contributed by atoms with Gasteiger partial charge in [0.15, 0.2) is 5.82 Å². The van der Waals surface area contributed by atoms with Crippen LogP contribution in [0.25, 0.3) is 16.6 Å². The summed E-state index contributed by atoms with van der Waals surface area (Å²) in [6.45, 7) is 8.39. The normalized spacial score (nSPS) is 17.5. The molecule has 3 aromatic rings. The molecule has 0 aliphatic carbocycles. The van der Waals surface area contributed by atoms with Crippen molar-refractivity contribution in [1.82, 2.24) is 14.8 Å². The first kappa shape index (κ1) is 24.9. The number of hydrogen-bond acceptors (Lipinski definition) is 8. The predicted octanol–water partition coefficient (Wildman–Crippen LogP) is 4.95. The number of methoxy groups -OCH3 is 1. The molecular formula is C25H28ClN5O6. The van der Waals surface area contributed by atoms with E-state index in [0.717, 1.165) is 0 Å². The van der Waals surface area contributed by atoms with Crippen LogP contribution in [0.15, 0.2) is 24.4 Å². The van der Waals surface area contributed by atoms with Crippen molar-refractivity contribution in [2.24, 2.45) is 0 Å². The molecule has 0 N–H and O–H groups in total. The summed E-state index contributed by atoms with van der Waals surface area (Å²) in [5, 5.41) is 5.65. The fourth-order valence-electron chi connectivity index (χ4n) is 4.33. The fourth-order valence-corrected chi connectivity index (χ4v) is 4.48. The largest absolute Gasteiger partial charge is 0.494 e. The topological polar surface area (TPSA) is 108 Å². The van der Waals surface area contributed by atoms with Gasteiger partial charge in [-0.3, -0.25) is 9.80 Å². The Labute approximate surface area is 218 Å². The number of nitrogens with zero attached hydrogens (tertiary/aromatic N) is 5. The van der Waals surface area contributed by atoms with Gasteiger partial charge in [0.1, 0.15) is 40.7 Å². The molecule has 11 nitrogen and oxygen atoms in total. The minimum absolute atomic E-state index is 0.224. The molecule has 0 saturated carbocycles. The minimum atomic E-state index is -0.648. The first-order valence-corrected chi connectivity index (χ1v) is 12.4. The van der Waals surface area contributed by atoms with E-state index in [1.54, 1.807) is 29.1 Å². The molecule has 0 radical (unpaired) electrons. The average Bonchev–Trinajstić information content (AvgIpc) is 3.41. The zero-order chi connectivity index (χ0) is 26.5. The molecule has 0 bridgehead atoms.